The fourth-order valence-corrected chi connectivity index (χ4v) is 2.66. The van der Waals surface area contributed by atoms with Gasteiger partial charge in [0.05, 0.1) is 10.2 Å². The van der Waals surface area contributed by atoms with Gasteiger partial charge in [-0.2, -0.15) is 5.10 Å². The minimum absolute atomic E-state index is 0.478. The van der Waals surface area contributed by atoms with E-state index in [0.717, 1.165) is 26.7 Å². The highest BCUT2D eigenvalue weighted by Gasteiger charge is 2.08. The van der Waals surface area contributed by atoms with E-state index >= 15 is 0 Å². The average Bonchev–Trinajstić information content (AvgIpc) is 2.52. The highest BCUT2D eigenvalue weighted by molar-refractivity contribution is 9.10. The maximum Gasteiger partial charge on any atom is 0.238 e. The number of hydrogen-bond donors (Lipinski definition) is 1. The number of fused-ring (bicyclic) bond motifs is 1. The number of ether oxygens (including phenoxy) is 1. The Morgan fingerprint density at radius 1 is 1.05 bits per heavy atom. The average molecular weight is 344 g/mol. The van der Waals surface area contributed by atoms with Crippen molar-refractivity contribution < 1.29 is 4.74 Å². The van der Waals surface area contributed by atoms with Crippen LogP contribution in [0.2, 0.25) is 0 Å². The Morgan fingerprint density at radius 3 is 2.67 bits per heavy atom. The minimum Gasteiger partial charge on any atom is -0.436 e. The van der Waals surface area contributed by atoms with Gasteiger partial charge in [-0.05, 0) is 45.9 Å². The molecule has 0 unspecified atom stereocenters. The summed E-state index contributed by atoms with van der Waals surface area (Å²) in [5.74, 6) is 1.20. The quantitative estimate of drug-likeness (QED) is 0.780. The Balaban J connectivity index is 1.89. The molecule has 0 amide bonds. The third kappa shape index (κ3) is 3.04. The van der Waals surface area contributed by atoms with Gasteiger partial charge in [0.2, 0.25) is 5.88 Å². The van der Waals surface area contributed by atoms with Gasteiger partial charge in [0, 0.05) is 12.6 Å². The second-order valence-electron chi connectivity index (χ2n) is 4.59. The van der Waals surface area contributed by atoms with Crippen molar-refractivity contribution in [2.45, 2.75) is 6.54 Å². The molecule has 0 aliphatic carbocycles. The molecule has 0 radical (unpaired) electrons. The highest BCUT2D eigenvalue weighted by Crippen LogP contribution is 2.35. The lowest BCUT2D eigenvalue weighted by Gasteiger charge is -2.09. The molecule has 3 aromatic rings. The van der Waals surface area contributed by atoms with Crippen LogP contribution in [0.5, 0.6) is 11.6 Å². The van der Waals surface area contributed by atoms with E-state index in [-0.39, 0.29) is 0 Å². The smallest absolute Gasteiger partial charge is 0.238 e. The van der Waals surface area contributed by atoms with Crippen LogP contribution in [0.4, 0.5) is 0 Å². The van der Waals surface area contributed by atoms with Gasteiger partial charge in [-0.1, -0.05) is 30.3 Å². The summed E-state index contributed by atoms with van der Waals surface area (Å²) in [6.07, 6.45) is 0. The first-order valence-electron chi connectivity index (χ1n) is 6.60. The first-order chi connectivity index (χ1) is 10.3. The van der Waals surface area contributed by atoms with Crippen LogP contribution in [0, 0.1) is 0 Å². The molecule has 106 valence electrons. The van der Waals surface area contributed by atoms with Crippen molar-refractivity contribution in [3.8, 4) is 11.6 Å². The topological polar surface area (TPSA) is 47.0 Å². The fourth-order valence-electron chi connectivity index (χ4n) is 2.08. The van der Waals surface area contributed by atoms with E-state index in [2.05, 4.69) is 37.5 Å². The molecule has 4 nitrogen and oxygen atoms in total. The predicted molar refractivity (Wildman–Crippen MR) is 86.5 cm³/mol. The van der Waals surface area contributed by atoms with Crippen molar-refractivity contribution in [1.29, 1.82) is 0 Å². The summed E-state index contributed by atoms with van der Waals surface area (Å²) < 4.78 is 6.73. The van der Waals surface area contributed by atoms with Crippen molar-refractivity contribution in [3.63, 3.8) is 0 Å². The standard InChI is InChI=1S/C16H14BrN3O/c1-18-10-12-7-9-15(20-19-12)21-14-8-6-11-4-2-3-5-13(11)16(14)17/h2-9,18H,10H2,1H3. The van der Waals surface area contributed by atoms with Gasteiger partial charge in [0.1, 0.15) is 5.75 Å². The lowest BCUT2D eigenvalue weighted by Crippen LogP contribution is -2.07. The monoisotopic (exact) mass is 343 g/mol. The highest BCUT2D eigenvalue weighted by atomic mass is 79.9. The number of halogens is 1. The van der Waals surface area contributed by atoms with E-state index in [1.807, 2.05) is 49.5 Å². The normalized spacial score (nSPS) is 10.8. The van der Waals surface area contributed by atoms with Crippen molar-refractivity contribution in [1.82, 2.24) is 15.5 Å². The van der Waals surface area contributed by atoms with Gasteiger partial charge in [0.25, 0.3) is 0 Å². The van der Waals surface area contributed by atoms with Crippen molar-refractivity contribution in [2.75, 3.05) is 7.05 Å². The number of aromatic nitrogens is 2. The molecule has 5 heteroatoms. The first-order valence-corrected chi connectivity index (χ1v) is 7.39. The summed E-state index contributed by atoms with van der Waals surface area (Å²) in [5, 5.41) is 13.5. The van der Waals surface area contributed by atoms with E-state index in [1.54, 1.807) is 0 Å². The lowest BCUT2D eigenvalue weighted by atomic mass is 10.1. The minimum atomic E-state index is 0.478. The largest absolute Gasteiger partial charge is 0.436 e. The summed E-state index contributed by atoms with van der Waals surface area (Å²) in [7, 11) is 1.87. The molecular weight excluding hydrogens is 330 g/mol. The van der Waals surface area contributed by atoms with Crippen LogP contribution in [0.15, 0.2) is 53.0 Å². The van der Waals surface area contributed by atoms with Gasteiger partial charge in [-0.3, -0.25) is 0 Å². The van der Waals surface area contributed by atoms with Gasteiger partial charge in [-0.15, -0.1) is 5.10 Å². The third-order valence-electron chi connectivity index (χ3n) is 3.10. The van der Waals surface area contributed by atoms with Crippen LogP contribution in [-0.4, -0.2) is 17.2 Å². The van der Waals surface area contributed by atoms with Gasteiger partial charge >= 0.3 is 0 Å². The van der Waals surface area contributed by atoms with E-state index in [0.29, 0.717) is 12.4 Å². The maximum absolute atomic E-state index is 5.81. The molecule has 0 bridgehead atoms. The molecule has 2 aromatic carbocycles. The second-order valence-corrected chi connectivity index (χ2v) is 5.39. The molecule has 1 heterocycles. The molecular formula is C16H14BrN3O. The zero-order chi connectivity index (χ0) is 14.7. The van der Waals surface area contributed by atoms with Gasteiger partial charge < -0.3 is 10.1 Å². The van der Waals surface area contributed by atoms with Crippen LogP contribution < -0.4 is 10.1 Å². The Labute approximate surface area is 131 Å². The first kappa shape index (κ1) is 14.0. The Morgan fingerprint density at radius 2 is 1.90 bits per heavy atom. The van der Waals surface area contributed by atoms with E-state index in [9.17, 15) is 0 Å². The second kappa shape index (κ2) is 6.20. The number of hydrogen-bond acceptors (Lipinski definition) is 4. The molecule has 3 rings (SSSR count). The van der Waals surface area contributed by atoms with Crippen LogP contribution in [0.3, 0.4) is 0 Å². The SMILES string of the molecule is CNCc1ccc(Oc2ccc3ccccc3c2Br)nn1. The predicted octanol–water partition coefficient (Wildman–Crippen LogP) is 3.90. The molecule has 0 aliphatic heterocycles. The Bertz CT molecular complexity index is 759. The number of nitrogens with zero attached hydrogens (tertiary/aromatic N) is 2. The molecule has 0 saturated heterocycles. The zero-order valence-corrected chi connectivity index (χ0v) is 13.1. The van der Waals surface area contributed by atoms with Crippen LogP contribution in [-0.2, 0) is 6.54 Å². The molecule has 0 fully saturated rings. The summed E-state index contributed by atoms with van der Waals surface area (Å²) >= 11 is 3.60. The summed E-state index contributed by atoms with van der Waals surface area (Å²) in [6, 6.07) is 15.8. The molecule has 0 saturated carbocycles. The summed E-state index contributed by atoms with van der Waals surface area (Å²) in [5.41, 5.74) is 0.877. The summed E-state index contributed by atoms with van der Waals surface area (Å²) in [4.78, 5) is 0. The summed E-state index contributed by atoms with van der Waals surface area (Å²) in [6.45, 7) is 0.687. The zero-order valence-electron chi connectivity index (χ0n) is 11.5. The molecule has 0 aliphatic rings. The van der Waals surface area contributed by atoms with E-state index in [4.69, 9.17) is 4.74 Å². The molecule has 1 N–H and O–H groups in total. The Hall–Kier alpha value is -1.98. The lowest BCUT2D eigenvalue weighted by molar-refractivity contribution is 0.451. The van der Waals surface area contributed by atoms with Gasteiger partial charge in [-0.25, -0.2) is 0 Å². The molecule has 1 aromatic heterocycles. The number of rotatable bonds is 4. The third-order valence-corrected chi connectivity index (χ3v) is 3.91. The van der Waals surface area contributed by atoms with E-state index < -0.39 is 0 Å². The van der Waals surface area contributed by atoms with Crippen LogP contribution in [0.25, 0.3) is 10.8 Å². The van der Waals surface area contributed by atoms with Crippen molar-refractivity contribution >= 4 is 26.7 Å². The Kier molecular flexibility index (Phi) is 4.13. The number of nitrogens with one attached hydrogen (secondary N) is 1. The maximum atomic E-state index is 5.81. The van der Waals surface area contributed by atoms with Gasteiger partial charge in [0.15, 0.2) is 0 Å². The fraction of sp³-hybridized carbons (Fsp3) is 0.125. The van der Waals surface area contributed by atoms with Crippen molar-refractivity contribution in [2.24, 2.45) is 0 Å². The molecule has 21 heavy (non-hydrogen) atoms. The number of benzene rings is 2. The van der Waals surface area contributed by atoms with Crippen LogP contribution in [0.1, 0.15) is 5.69 Å². The van der Waals surface area contributed by atoms with Crippen molar-refractivity contribution in [3.05, 3.63) is 58.7 Å². The van der Waals surface area contributed by atoms with Crippen LogP contribution >= 0.6 is 15.9 Å². The molecule has 0 atom stereocenters. The molecule has 0 spiro atoms. The van der Waals surface area contributed by atoms with E-state index in [1.165, 1.54) is 0 Å².